The van der Waals surface area contributed by atoms with Gasteiger partial charge in [0.05, 0.1) is 24.2 Å². The van der Waals surface area contributed by atoms with Crippen molar-refractivity contribution in [1.82, 2.24) is 25.2 Å². The fourth-order valence-electron chi connectivity index (χ4n) is 3.54. The van der Waals surface area contributed by atoms with Crippen molar-refractivity contribution in [3.63, 3.8) is 0 Å². The van der Waals surface area contributed by atoms with Gasteiger partial charge in [-0.3, -0.25) is 4.79 Å². The van der Waals surface area contributed by atoms with E-state index >= 15 is 0 Å². The Morgan fingerprint density at radius 2 is 2.00 bits per heavy atom. The molecule has 35 heavy (non-hydrogen) atoms. The maximum atomic E-state index is 14.8. The third kappa shape index (κ3) is 5.26. The van der Waals surface area contributed by atoms with Crippen molar-refractivity contribution in [2.45, 2.75) is 19.4 Å². The molecule has 4 rings (SSSR count). The number of pyridine rings is 1. The second-order valence-corrected chi connectivity index (χ2v) is 8.06. The van der Waals surface area contributed by atoms with Crippen molar-refractivity contribution in [3.8, 4) is 28.6 Å². The number of carbonyl (C=O) groups is 1. The van der Waals surface area contributed by atoms with Crippen molar-refractivity contribution >= 4 is 29.0 Å². The number of rotatable bonds is 7. The quantitative estimate of drug-likeness (QED) is 0.383. The highest BCUT2D eigenvalue weighted by molar-refractivity contribution is 6.34. The molecule has 2 aromatic heterocycles. The summed E-state index contributed by atoms with van der Waals surface area (Å²) in [6.45, 7) is 1.91. The lowest BCUT2D eigenvalue weighted by atomic mass is 9.96. The minimum Gasteiger partial charge on any atom is -0.362 e. The number of carbonyl (C=O) groups excluding carboxylic acids is 1. The average molecular weight is 491 g/mol. The molecule has 0 saturated heterocycles. The predicted octanol–water partition coefficient (Wildman–Crippen LogP) is 4.76. The van der Waals surface area contributed by atoms with E-state index < -0.39 is 11.7 Å². The van der Waals surface area contributed by atoms with E-state index in [4.69, 9.17) is 16.9 Å². The number of anilines is 2. The van der Waals surface area contributed by atoms with Crippen LogP contribution >= 0.6 is 11.6 Å². The highest BCUT2D eigenvalue weighted by Crippen LogP contribution is 2.34. The van der Waals surface area contributed by atoms with Gasteiger partial charge in [-0.25, -0.2) is 9.37 Å². The van der Waals surface area contributed by atoms with E-state index in [1.165, 1.54) is 17.1 Å². The largest absolute Gasteiger partial charge is 0.362 e. The van der Waals surface area contributed by atoms with E-state index in [2.05, 4.69) is 31.0 Å². The van der Waals surface area contributed by atoms with Gasteiger partial charge in [-0.15, -0.1) is 10.2 Å². The van der Waals surface area contributed by atoms with Crippen LogP contribution in [0, 0.1) is 17.1 Å². The minimum absolute atomic E-state index is 0.233. The van der Waals surface area contributed by atoms with Crippen LogP contribution in [-0.2, 0) is 11.8 Å². The molecule has 1 atom stereocenters. The summed E-state index contributed by atoms with van der Waals surface area (Å²) in [6.07, 6.45) is 1.21. The summed E-state index contributed by atoms with van der Waals surface area (Å²) in [5.41, 5.74) is 2.77. The molecule has 176 valence electrons. The Balaban J connectivity index is 1.59. The molecule has 0 spiro atoms. The Hall–Kier alpha value is -4.36. The summed E-state index contributed by atoms with van der Waals surface area (Å²) >= 11 is 6.24. The van der Waals surface area contributed by atoms with Gasteiger partial charge in [0.2, 0.25) is 11.7 Å². The number of hydrogen-bond donors (Lipinski definition) is 2. The standard InChI is InChI=1S/C24H20ClFN8O/c1-14(29-24-22(18(25)11-13-28-24)30-20(35)10-12-27)15-6-8-16(9-7-15)21-17(4-3-5-19(21)26)23-31-33-34(2)32-23/h3-9,11,13-14H,10H2,1-2H3,(H,28,29)(H,30,35). The average Bonchev–Trinajstić information content (AvgIpc) is 3.27. The second-order valence-electron chi connectivity index (χ2n) is 7.65. The van der Waals surface area contributed by atoms with Crippen LogP contribution in [0.15, 0.2) is 54.7 Å². The third-order valence-electron chi connectivity index (χ3n) is 5.22. The van der Waals surface area contributed by atoms with Gasteiger partial charge in [-0.05, 0) is 35.4 Å². The van der Waals surface area contributed by atoms with Crippen LogP contribution in [0.25, 0.3) is 22.5 Å². The van der Waals surface area contributed by atoms with Crippen molar-refractivity contribution in [1.29, 1.82) is 5.26 Å². The van der Waals surface area contributed by atoms with Gasteiger partial charge >= 0.3 is 0 Å². The van der Waals surface area contributed by atoms with E-state index in [1.54, 1.807) is 31.3 Å². The van der Waals surface area contributed by atoms with Crippen LogP contribution < -0.4 is 10.6 Å². The molecular formula is C24H20ClFN8O. The molecule has 2 heterocycles. The van der Waals surface area contributed by atoms with Crippen LogP contribution in [-0.4, -0.2) is 31.1 Å². The zero-order chi connectivity index (χ0) is 24.9. The fraction of sp³-hybridized carbons (Fsp3) is 0.167. The van der Waals surface area contributed by atoms with Gasteiger partial charge in [-0.1, -0.05) is 48.0 Å². The molecule has 9 nitrogen and oxygen atoms in total. The smallest absolute Gasteiger partial charge is 0.238 e. The first-order valence-corrected chi connectivity index (χ1v) is 11.0. The Labute approximate surface area is 205 Å². The Morgan fingerprint density at radius 1 is 1.23 bits per heavy atom. The normalized spacial score (nSPS) is 11.5. The summed E-state index contributed by atoms with van der Waals surface area (Å²) in [5.74, 6) is -0.180. The zero-order valence-electron chi connectivity index (χ0n) is 18.8. The number of benzene rings is 2. The third-order valence-corrected chi connectivity index (χ3v) is 5.53. The Bertz CT molecular complexity index is 1410. The van der Waals surface area contributed by atoms with Crippen molar-refractivity contribution in [2.75, 3.05) is 10.6 Å². The number of hydrogen-bond acceptors (Lipinski definition) is 7. The van der Waals surface area contributed by atoms with Gasteiger partial charge in [0, 0.05) is 17.3 Å². The maximum absolute atomic E-state index is 14.8. The molecule has 4 aromatic rings. The number of amides is 1. The number of aryl methyl sites for hydroxylation is 1. The molecule has 0 bridgehead atoms. The van der Waals surface area contributed by atoms with E-state index in [-0.39, 0.29) is 12.5 Å². The molecule has 0 saturated carbocycles. The number of nitrogens with one attached hydrogen (secondary N) is 2. The van der Waals surface area contributed by atoms with Gasteiger partial charge < -0.3 is 10.6 Å². The lowest BCUT2D eigenvalue weighted by Gasteiger charge is -2.19. The lowest BCUT2D eigenvalue weighted by Crippen LogP contribution is -2.15. The molecule has 2 N–H and O–H groups in total. The van der Waals surface area contributed by atoms with E-state index in [0.29, 0.717) is 39.0 Å². The molecule has 0 fully saturated rings. The lowest BCUT2D eigenvalue weighted by molar-refractivity contribution is -0.115. The first-order chi connectivity index (χ1) is 16.9. The number of tetrazole rings is 1. The monoisotopic (exact) mass is 490 g/mol. The molecule has 0 aliphatic rings. The highest BCUT2D eigenvalue weighted by Gasteiger charge is 2.18. The van der Waals surface area contributed by atoms with Gasteiger partial charge in [-0.2, -0.15) is 10.1 Å². The van der Waals surface area contributed by atoms with E-state index in [1.807, 2.05) is 31.2 Å². The predicted molar refractivity (Wildman–Crippen MR) is 130 cm³/mol. The Kier molecular flexibility index (Phi) is 6.98. The Morgan fingerprint density at radius 3 is 2.69 bits per heavy atom. The van der Waals surface area contributed by atoms with Crippen LogP contribution in [0.1, 0.15) is 24.9 Å². The first-order valence-electron chi connectivity index (χ1n) is 10.6. The summed E-state index contributed by atoms with van der Waals surface area (Å²) < 4.78 is 14.8. The number of nitriles is 1. The van der Waals surface area contributed by atoms with Gasteiger partial charge in [0.25, 0.3) is 0 Å². The second kappa shape index (κ2) is 10.3. The number of nitrogens with zero attached hydrogens (tertiary/aromatic N) is 6. The van der Waals surface area contributed by atoms with Crippen LogP contribution in [0.2, 0.25) is 5.02 Å². The van der Waals surface area contributed by atoms with Crippen LogP contribution in [0.3, 0.4) is 0 Å². The van der Waals surface area contributed by atoms with Crippen molar-refractivity contribution in [3.05, 3.63) is 71.1 Å². The fourth-order valence-corrected chi connectivity index (χ4v) is 3.74. The summed E-state index contributed by atoms with van der Waals surface area (Å²) in [4.78, 5) is 17.5. The molecular weight excluding hydrogens is 471 g/mol. The molecule has 1 amide bonds. The van der Waals surface area contributed by atoms with Crippen LogP contribution in [0.5, 0.6) is 0 Å². The molecule has 0 radical (unpaired) electrons. The summed E-state index contributed by atoms with van der Waals surface area (Å²) in [6, 6.07) is 15.2. The molecule has 1 unspecified atom stereocenters. The topological polar surface area (TPSA) is 121 Å². The minimum atomic E-state index is -0.485. The van der Waals surface area contributed by atoms with Gasteiger partial charge in [0.15, 0.2) is 5.82 Å². The van der Waals surface area contributed by atoms with Gasteiger partial charge in [0.1, 0.15) is 17.9 Å². The van der Waals surface area contributed by atoms with E-state index in [9.17, 15) is 9.18 Å². The molecule has 2 aromatic carbocycles. The number of aromatic nitrogens is 5. The summed E-state index contributed by atoms with van der Waals surface area (Å²) in [7, 11) is 1.65. The van der Waals surface area contributed by atoms with E-state index in [0.717, 1.165) is 5.56 Å². The molecule has 0 aliphatic heterocycles. The maximum Gasteiger partial charge on any atom is 0.238 e. The first kappa shape index (κ1) is 23.8. The zero-order valence-corrected chi connectivity index (χ0v) is 19.6. The SMILES string of the molecule is CC(Nc1nccc(Cl)c1NC(=O)CC#N)c1ccc(-c2c(F)cccc2-c2nnn(C)n2)cc1. The molecule has 0 aliphatic carbocycles. The van der Waals surface area contributed by atoms with Crippen molar-refractivity contribution in [2.24, 2.45) is 7.05 Å². The molecule has 11 heteroatoms. The summed E-state index contributed by atoms with van der Waals surface area (Å²) in [5, 5.41) is 26.9. The number of halogens is 2. The highest BCUT2D eigenvalue weighted by atomic mass is 35.5. The van der Waals surface area contributed by atoms with Crippen molar-refractivity contribution < 1.29 is 9.18 Å². The van der Waals surface area contributed by atoms with Crippen LogP contribution in [0.4, 0.5) is 15.9 Å².